The number of hydrogen-bond acceptors (Lipinski definition) is 4. The highest BCUT2D eigenvalue weighted by molar-refractivity contribution is 14.0. The van der Waals surface area contributed by atoms with Crippen LogP contribution in [0, 0.1) is 0 Å². The predicted molar refractivity (Wildman–Crippen MR) is 135 cm³/mol. The molecule has 0 bridgehead atoms. The van der Waals surface area contributed by atoms with Crippen LogP contribution in [0.2, 0.25) is 0 Å². The van der Waals surface area contributed by atoms with Crippen molar-refractivity contribution in [2.45, 2.75) is 25.8 Å². The number of carbonyl (C=O) groups is 1. The van der Waals surface area contributed by atoms with Crippen molar-refractivity contribution in [3.63, 3.8) is 0 Å². The number of amides is 1. The molecule has 31 heavy (non-hydrogen) atoms. The smallest absolute Gasteiger partial charge is 0.227 e. The summed E-state index contributed by atoms with van der Waals surface area (Å²) in [4.78, 5) is 18.0. The van der Waals surface area contributed by atoms with E-state index in [4.69, 9.17) is 9.47 Å². The Kier molecular flexibility index (Phi) is 10.4. The molecule has 0 aliphatic carbocycles. The lowest BCUT2D eigenvalue weighted by Crippen LogP contribution is -2.37. The van der Waals surface area contributed by atoms with E-state index in [1.54, 1.807) is 14.2 Å². The highest BCUT2D eigenvalue weighted by Crippen LogP contribution is 2.21. The Morgan fingerprint density at radius 3 is 2.39 bits per heavy atom. The van der Waals surface area contributed by atoms with Gasteiger partial charge in [0.05, 0.1) is 13.7 Å². The van der Waals surface area contributed by atoms with E-state index in [-0.39, 0.29) is 29.9 Å². The Labute approximate surface area is 201 Å². The molecular weight excluding hydrogens is 507 g/mol. The molecule has 0 aromatic heterocycles. The number of methoxy groups -OCH3 is 1. The van der Waals surface area contributed by atoms with Crippen LogP contribution in [0.1, 0.15) is 24.8 Å². The van der Waals surface area contributed by atoms with Crippen molar-refractivity contribution in [2.24, 2.45) is 4.99 Å². The SMILES string of the molecule is CN=C(NCCCOc1ccc(OC)cc1)NCc1ccc(N2CCCC2=O)cc1.I. The van der Waals surface area contributed by atoms with E-state index >= 15 is 0 Å². The predicted octanol–water partition coefficient (Wildman–Crippen LogP) is 3.57. The fraction of sp³-hybridized carbons (Fsp3) is 0.391. The molecule has 0 spiro atoms. The lowest BCUT2D eigenvalue weighted by molar-refractivity contribution is -0.117. The number of ether oxygens (including phenoxy) is 2. The van der Waals surface area contributed by atoms with Crippen molar-refractivity contribution in [2.75, 3.05) is 38.8 Å². The lowest BCUT2D eigenvalue weighted by Gasteiger charge is -2.16. The zero-order valence-corrected chi connectivity index (χ0v) is 20.4. The molecule has 1 aliphatic heterocycles. The van der Waals surface area contributed by atoms with Gasteiger partial charge in [-0.2, -0.15) is 0 Å². The maximum atomic E-state index is 11.8. The molecule has 0 radical (unpaired) electrons. The Balaban J connectivity index is 0.00000341. The van der Waals surface area contributed by atoms with Gasteiger partial charge in [-0.05, 0) is 54.8 Å². The molecule has 3 rings (SSSR count). The largest absolute Gasteiger partial charge is 0.497 e. The summed E-state index contributed by atoms with van der Waals surface area (Å²) in [6.07, 6.45) is 2.44. The van der Waals surface area contributed by atoms with Crippen LogP contribution in [0.3, 0.4) is 0 Å². The average Bonchev–Trinajstić information content (AvgIpc) is 3.22. The first-order valence-electron chi connectivity index (χ1n) is 10.3. The molecular formula is C23H31IN4O3. The van der Waals surface area contributed by atoms with Crippen LogP contribution < -0.4 is 25.0 Å². The van der Waals surface area contributed by atoms with Crippen LogP contribution in [-0.2, 0) is 11.3 Å². The van der Waals surface area contributed by atoms with Gasteiger partial charge in [0.2, 0.25) is 5.91 Å². The Hall–Kier alpha value is -2.49. The minimum atomic E-state index is 0. The summed E-state index contributed by atoms with van der Waals surface area (Å²) < 4.78 is 10.9. The van der Waals surface area contributed by atoms with E-state index in [0.717, 1.165) is 54.6 Å². The van der Waals surface area contributed by atoms with Gasteiger partial charge in [-0.1, -0.05) is 12.1 Å². The number of carbonyl (C=O) groups excluding carboxylic acids is 1. The Bertz CT molecular complexity index is 841. The fourth-order valence-corrected chi connectivity index (χ4v) is 3.26. The number of guanidine groups is 1. The summed E-state index contributed by atoms with van der Waals surface area (Å²) in [5.74, 6) is 2.61. The molecule has 0 saturated carbocycles. The highest BCUT2D eigenvalue weighted by atomic mass is 127. The monoisotopic (exact) mass is 538 g/mol. The number of nitrogens with one attached hydrogen (secondary N) is 2. The molecule has 7 nitrogen and oxygen atoms in total. The van der Waals surface area contributed by atoms with E-state index in [1.165, 1.54) is 0 Å². The van der Waals surface area contributed by atoms with Gasteiger partial charge < -0.3 is 25.0 Å². The molecule has 1 aliphatic rings. The number of rotatable bonds is 9. The summed E-state index contributed by atoms with van der Waals surface area (Å²) in [5, 5.41) is 6.60. The summed E-state index contributed by atoms with van der Waals surface area (Å²) >= 11 is 0. The maximum absolute atomic E-state index is 11.8. The van der Waals surface area contributed by atoms with Crippen LogP contribution in [0.4, 0.5) is 5.69 Å². The van der Waals surface area contributed by atoms with Crippen LogP contribution in [0.25, 0.3) is 0 Å². The van der Waals surface area contributed by atoms with E-state index in [0.29, 0.717) is 19.6 Å². The van der Waals surface area contributed by atoms with Crippen molar-refractivity contribution in [3.8, 4) is 11.5 Å². The normalized spacial score (nSPS) is 13.5. The van der Waals surface area contributed by atoms with Gasteiger partial charge >= 0.3 is 0 Å². The Morgan fingerprint density at radius 1 is 1.06 bits per heavy atom. The second-order valence-electron chi connectivity index (χ2n) is 7.05. The average molecular weight is 538 g/mol. The van der Waals surface area contributed by atoms with Crippen LogP contribution in [0.15, 0.2) is 53.5 Å². The number of benzene rings is 2. The zero-order chi connectivity index (χ0) is 21.2. The van der Waals surface area contributed by atoms with E-state index in [9.17, 15) is 4.79 Å². The van der Waals surface area contributed by atoms with Gasteiger partial charge in [0.1, 0.15) is 11.5 Å². The molecule has 0 unspecified atom stereocenters. The highest BCUT2D eigenvalue weighted by Gasteiger charge is 2.21. The summed E-state index contributed by atoms with van der Waals surface area (Å²) in [7, 11) is 3.40. The van der Waals surface area contributed by atoms with Crippen molar-refractivity contribution < 1.29 is 14.3 Å². The maximum Gasteiger partial charge on any atom is 0.227 e. The minimum absolute atomic E-state index is 0. The van der Waals surface area contributed by atoms with Gasteiger partial charge in [-0.25, -0.2) is 0 Å². The van der Waals surface area contributed by atoms with Crippen molar-refractivity contribution in [1.29, 1.82) is 0 Å². The zero-order valence-electron chi connectivity index (χ0n) is 18.1. The molecule has 8 heteroatoms. The van der Waals surface area contributed by atoms with Crippen molar-refractivity contribution in [3.05, 3.63) is 54.1 Å². The quantitative estimate of drug-likeness (QED) is 0.221. The molecule has 168 valence electrons. The molecule has 1 amide bonds. The number of hydrogen-bond donors (Lipinski definition) is 2. The number of nitrogens with zero attached hydrogens (tertiary/aromatic N) is 2. The fourth-order valence-electron chi connectivity index (χ4n) is 3.26. The summed E-state index contributed by atoms with van der Waals surface area (Å²) in [6.45, 7) is 2.85. The summed E-state index contributed by atoms with van der Waals surface area (Å²) in [5.41, 5.74) is 2.11. The van der Waals surface area contributed by atoms with Gasteiger partial charge in [-0.3, -0.25) is 9.79 Å². The first-order chi connectivity index (χ1) is 14.7. The molecule has 2 aromatic carbocycles. The first kappa shape index (κ1) is 24.8. The van der Waals surface area contributed by atoms with E-state index in [1.807, 2.05) is 53.4 Å². The topological polar surface area (TPSA) is 75.2 Å². The molecule has 0 atom stereocenters. The van der Waals surface area contributed by atoms with Gasteiger partial charge in [0.25, 0.3) is 0 Å². The van der Waals surface area contributed by atoms with Crippen LogP contribution >= 0.6 is 24.0 Å². The van der Waals surface area contributed by atoms with Gasteiger partial charge in [0.15, 0.2) is 5.96 Å². The third kappa shape index (κ3) is 7.61. The standard InChI is InChI=1S/C23H30N4O3.HI/c1-24-23(25-14-4-16-30-21-12-10-20(29-2)11-13-21)26-17-18-6-8-19(9-7-18)27-15-3-5-22(27)28;/h6-13H,3-5,14-17H2,1-2H3,(H2,24,25,26);1H. The minimum Gasteiger partial charge on any atom is -0.497 e. The first-order valence-corrected chi connectivity index (χ1v) is 10.3. The van der Waals surface area contributed by atoms with Gasteiger partial charge in [-0.15, -0.1) is 24.0 Å². The lowest BCUT2D eigenvalue weighted by atomic mass is 10.2. The molecule has 2 aromatic rings. The van der Waals surface area contributed by atoms with Crippen LogP contribution in [-0.4, -0.2) is 45.7 Å². The molecule has 1 fully saturated rings. The third-order valence-electron chi connectivity index (χ3n) is 4.95. The van der Waals surface area contributed by atoms with Crippen LogP contribution in [0.5, 0.6) is 11.5 Å². The second-order valence-corrected chi connectivity index (χ2v) is 7.05. The summed E-state index contributed by atoms with van der Waals surface area (Å²) in [6, 6.07) is 15.7. The van der Waals surface area contributed by atoms with Crippen molar-refractivity contribution in [1.82, 2.24) is 10.6 Å². The van der Waals surface area contributed by atoms with Crippen molar-refractivity contribution >= 4 is 41.5 Å². The number of aliphatic imine (C=N–C) groups is 1. The third-order valence-corrected chi connectivity index (χ3v) is 4.95. The Morgan fingerprint density at radius 2 is 1.77 bits per heavy atom. The molecule has 2 N–H and O–H groups in total. The van der Waals surface area contributed by atoms with Gasteiger partial charge in [0, 0.05) is 38.8 Å². The van der Waals surface area contributed by atoms with E-state index < -0.39 is 0 Å². The number of anilines is 1. The molecule has 1 saturated heterocycles. The number of halogens is 1. The van der Waals surface area contributed by atoms with E-state index in [2.05, 4.69) is 15.6 Å². The second kappa shape index (κ2) is 13.0. The molecule has 1 heterocycles.